The van der Waals surface area contributed by atoms with Gasteiger partial charge in [0.05, 0.1) is 10.6 Å². The zero-order valence-electron chi connectivity index (χ0n) is 10.3. The Bertz CT molecular complexity index is 662. The average Bonchev–Trinajstić information content (AvgIpc) is 2.41. The van der Waals surface area contributed by atoms with Crippen molar-refractivity contribution in [3.05, 3.63) is 64.2 Å². The van der Waals surface area contributed by atoms with Crippen molar-refractivity contribution < 1.29 is 13.6 Å². The van der Waals surface area contributed by atoms with Crippen LogP contribution >= 0.6 is 11.6 Å². The number of nitrogens with two attached hydrogens (primary N) is 1. The van der Waals surface area contributed by atoms with E-state index in [4.69, 9.17) is 17.3 Å². The molecule has 6 heteroatoms. The summed E-state index contributed by atoms with van der Waals surface area (Å²) in [6.45, 7) is 0.0728. The van der Waals surface area contributed by atoms with Crippen LogP contribution in [0.4, 0.5) is 14.5 Å². The third-order valence-corrected chi connectivity index (χ3v) is 3.05. The molecule has 20 heavy (non-hydrogen) atoms. The van der Waals surface area contributed by atoms with Crippen molar-refractivity contribution in [3.63, 3.8) is 0 Å². The van der Waals surface area contributed by atoms with Crippen LogP contribution in [0.3, 0.4) is 0 Å². The Balaban J connectivity index is 2.17. The summed E-state index contributed by atoms with van der Waals surface area (Å²) in [5.41, 5.74) is 6.05. The van der Waals surface area contributed by atoms with E-state index in [-0.39, 0.29) is 22.7 Å². The van der Waals surface area contributed by atoms with Gasteiger partial charge in [-0.3, -0.25) is 4.79 Å². The molecule has 2 rings (SSSR count). The van der Waals surface area contributed by atoms with Gasteiger partial charge in [-0.1, -0.05) is 11.6 Å². The maximum Gasteiger partial charge on any atom is 0.250 e. The quantitative estimate of drug-likeness (QED) is 0.909. The highest BCUT2D eigenvalue weighted by Gasteiger charge is 2.08. The van der Waals surface area contributed by atoms with Crippen molar-refractivity contribution in [1.82, 2.24) is 0 Å². The van der Waals surface area contributed by atoms with Gasteiger partial charge in [0.25, 0.3) is 0 Å². The van der Waals surface area contributed by atoms with Gasteiger partial charge in [-0.05, 0) is 36.4 Å². The molecule has 0 bridgehead atoms. The molecular formula is C14H11ClF2N2O. The number of carbonyl (C=O) groups is 1. The number of anilines is 1. The maximum absolute atomic E-state index is 13.4. The molecule has 0 spiro atoms. The first-order chi connectivity index (χ1) is 9.47. The SMILES string of the molecule is NC(=O)c1cc(NCc2cc(F)ccc2F)ccc1Cl. The molecular weight excluding hydrogens is 286 g/mol. The van der Waals surface area contributed by atoms with E-state index >= 15 is 0 Å². The smallest absolute Gasteiger partial charge is 0.250 e. The highest BCUT2D eigenvalue weighted by atomic mass is 35.5. The number of carbonyl (C=O) groups excluding carboxylic acids is 1. The predicted octanol–water partition coefficient (Wildman–Crippen LogP) is 3.33. The summed E-state index contributed by atoms with van der Waals surface area (Å²) in [5, 5.41) is 3.11. The van der Waals surface area contributed by atoms with E-state index in [0.717, 1.165) is 18.2 Å². The third kappa shape index (κ3) is 3.24. The summed E-state index contributed by atoms with van der Waals surface area (Å²) >= 11 is 5.82. The third-order valence-electron chi connectivity index (χ3n) is 2.72. The van der Waals surface area contributed by atoms with Crippen molar-refractivity contribution in [2.24, 2.45) is 5.73 Å². The second-order valence-electron chi connectivity index (χ2n) is 4.15. The Kier molecular flexibility index (Phi) is 4.20. The number of halogens is 3. The van der Waals surface area contributed by atoms with Crippen LogP contribution in [-0.2, 0) is 6.54 Å². The van der Waals surface area contributed by atoms with Crippen LogP contribution in [0.2, 0.25) is 5.02 Å². The first-order valence-electron chi connectivity index (χ1n) is 5.74. The summed E-state index contributed by atoms with van der Waals surface area (Å²) in [5.74, 6) is -1.68. The van der Waals surface area contributed by atoms with E-state index < -0.39 is 17.5 Å². The zero-order chi connectivity index (χ0) is 14.7. The second kappa shape index (κ2) is 5.88. The first-order valence-corrected chi connectivity index (χ1v) is 6.12. The van der Waals surface area contributed by atoms with Crippen molar-refractivity contribution in [1.29, 1.82) is 0 Å². The summed E-state index contributed by atoms with van der Waals surface area (Å²) in [7, 11) is 0. The van der Waals surface area contributed by atoms with Crippen molar-refractivity contribution in [2.75, 3.05) is 5.32 Å². The minimum Gasteiger partial charge on any atom is -0.381 e. The number of amides is 1. The normalized spacial score (nSPS) is 10.3. The zero-order valence-corrected chi connectivity index (χ0v) is 11.0. The Morgan fingerprint density at radius 1 is 1.20 bits per heavy atom. The Hall–Kier alpha value is -2.14. The predicted molar refractivity (Wildman–Crippen MR) is 73.7 cm³/mol. The van der Waals surface area contributed by atoms with Crippen LogP contribution < -0.4 is 11.1 Å². The fraction of sp³-hybridized carbons (Fsp3) is 0.0714. The van der Waals surface area contributed by atoms with Gasteiger partial charge in [-0.15, -0.1) is 0 Å². The number of rotatable bonds is 4. The molecule has 1 amide bonds. The van der Waals surface area contributed by atoms with Gasteiger partial charge in [0.2, 0.25) is 5.91 Å². The largest absolute Gasteiger partial charge is 0.381 e. The molecule has 0 unspecified atom stereocenters. The molecule has 0 aliphatic heterocycles. The highest BCUT2D eigenvalue weighted by molar-refractivity contribution is 6.33. The number of hydrogen-bond acceptors (Lipinski definition) is 2. The van der Waals surface area contributed by atoms with Gasteiger partial charge in [0, 0.05) is 17.8 Å². The van der Waals surface area contributed by atoms with Gasteiger partial charge >= 0.3 is 0 Å². The van der Waals surface area contributed by atoms with Crippen LogP contribution in [0, 0.1) is 11.6 Å². The lowest BCUT2D eigenvalue weighted by Crippen LogP contribution is -2.12. The molecule has 0 radical (unpaired) electrons. The lowest BCUT2D eigenvalue weighted by Gasteiger charge is -2.09. The lowest BCUT2D eigenvalue weighted by atomic mass is 10.1. The number of hydrogen-bond donors (Lipinski definition) is 2. The van der Waals surface area contributed by atoms with E-state index in [1.807, 2.05) is 0 Å². The molecule has 104 valence electrons. The molecule has 0 fully saturated rings. The fourth-order valence-electron chi connectivity index (χ4n) is 1.70. The van der Waals surface area contributed by atoms with Gasteiger partial charge in [0.15, 0.2) is 0 Å². The van der Waals surface area contributed by atoms with Gasteiger partial charge in [0.1, 0.15) is 11.6 Å². The van der Waals surface area contributed by atoms with Crippen molar-refractivity contribution in [3.8, 4) is 0 Å². The standard InChI is InChI=1S/C14H11ClF2N2O/c15-12-3-2-10(6-11(12)14(18)20)19-7-8-5-9(16)1-4-13(8)17/h1-6,19H,7H2,(H2,18,20). The number of primary amides is 1. The molecule has 2 aromatic carbocycles. The van der Waals surface area contributed by atoms with Gasteiger partial charge in [-0.2, -0.15) is 0 Å². The molecule has 0 aliphatic rings. The number of benzene rings is 2. The fourth-order valence-corrected chi connectivity index (χ4v) is 1.91. The Morgan fingerprint density at radius 2 is 1.95 bits per heavy atom. The molecule has 2 aromatic rings. The van der Waals surface area contributed by atoms with Gasteiger partial charge < -0.3 is 11.1 Å². The summed E-state index contributed by atoms with van der Waals surface area (Å²) in [6.07, 6.45) is 0. The highest BCUT2D eigenvalue weighted by Crippen LogP contribution is 2.21. The van der Waals surface area contributed by atoms with E-state index in [0.29, 0.717) is 5.69 Å². The molecule has 0 atom stereocenters. The number of nitrogens with one attached hydrogen (secondary N) is 1. The monoisotopic (exact) mass is 296 g/mol. The molecule has 3 N–H and O–H groups in total. The molecule has 0 aromatic heterocycles. The van der Waals surface area contributed by atoms with Crippen LogP contribution in [0.15, 0.2) is 36.4 Å². The molecule has 0 saturated heterocycles. The van der Waals surface area contributed by atoms with Crippen molar-refractivity contribution >= 4 is 23.2 Å². The van der Waals surface area contributed by atoms with Crippen LogP contribution in [0.25, 0.3) is 0 Å². The molecule has 3 nitrogen and oxygen atoms in total. The summed E-state index contributed by atoms with van der Waals surface area (Å²) in [6, 6.07) is 7.79. The minimum absolute atomic E-state index is 0.0728. The molecule has 0 saturated carbocycles. The van der Waals surface area contributed by atoms with Gasteiger partial charge in [-0.25, -0.2) is 8.78 Å². The maximum atomic E-state index is 13.4. The van der Waals surface area contributed by atoms with Crippen LogP contribution in [-0.4, -0.2) is 5.91 Å². The van der Waals surface area contributed by atoms with Crippen molar-refractivity contribution in [2.45, 2.75) is 6.54 Å². The Morgan fingerprint density at radius 3 is 2.65 bits per heavy atom. The topological polar surface area (TPSA) is 55.1 Å². The van der Waals surface area contributed by atoms with E-state index in [2.05, 4.69) is 5.32 Å². The Labute approximate surface area is 119 Å². The molecule has 0 aliphatic carbocycles. The van der Waals surface area contributed by atoms with E-state index in [1.54, 1.807) is 6.07 Å². The molecule has 0 heterocycles. The second-order valence-corrected chi connectivity index (χ2v) is 4.56. The van der Waals surface area contributed by atoms with Crippen LogP contribution in [0.1, 0.15) is 15.9 Å². The summed E-state index contributed by atoms with van der Waals surface area (Å²) < 4.78 is 26.5. The summed E-state index contributed by atoms with van der Waals surface area (Å²) in [4.78, 5) is 11.1. The minimum atomic E-state index is -0.657. The van der Waals surface area contributed by atoms with E-state index in [1.165, 1.54) is 12.1 Å². The van der Waals surface area contributed by atoms with Crippen LogP contribution in [0.5, 0.6) is 0 Å². The average molecular weight is 297 g/mol. The lowest BCUT2D eigenvalue weighted by molar-refractivity contribution is 0.100. The first kappa shape index (κ1) is 14.3. The van der Waals surface area contributed by atoms with E-state index in [9.17, 15) is 13.6 Å².